The van der Waals surface area contributed by atoms with Gasteiger partial charge >= 0.3 is 0 Å². The van der Waals surface area contributed by atoms with Gasteiger partial charge in [-0.1, -0.05) is 72.8 Å². The number of nitrogens with zero attached hydrogens (tertiary/aromatic N) is 8. The first-order valence-electron chi connectivity index (χ1n) is 23.8. The molecule has 0 fully saturated rings. The van der Waals surface area contributed by atoms with Crippen LogP contribution in [0.2, 0.25) is 0 Å². The maximum atomic E-state index is 13.3. The lowest BCUT2D eigenvalue weighted by molar-refractivity contribution is -0.115. The normalized spacial score (nSPS) is 14.1. The number of hydrogen-bond acceptors (Lipinski definition) is 8. The maximum absolute atomic E-state index is 13.3. The second-order valence-corrected chi connectivity index (χ2v) is 20.2. The number of rotatable bonds is 14. The van der Waals surface area contributed by atoms with Gasteiger partial charge in [0.25, 0.3) is 11.8 Å². The number of benzene rings is 4. The average Bonchev–Trinajstić information content (AvgIpc) is 4.24. The Morgan fingerprint density at radius 1 is 0.500 bits per heavy atom. The van der Waals surface area contributed by atoms with Crippen LogP contribution >= 0.6 is 22.7 Å². The molecule has 2 N–H and O–H groups in total. The average molecular weight is 963 g/mol. The maximum Gasteiger partial charge on any atom is 0.254 e. The minimum Gasteiger partial charge on any atom is -0.348 e. The minimum absolute atomic E-state index is 0.0414. The zero-order valence-electron chi connectivity index (χ0n) is 39.7. The molecule has 8 heterocycles. The molecule has 12 nitrogen and oxygen atoms in total. The van der Waals surface area contributed by atoms with Crippen LogP contribution in [-0.4, -0.2) is 105 Å². The molecule has 0 bridgehead atoms. The summed E-state index contributed by atoms with van der Waals surface area (Å²) in [7, 11) is 8.34. The number of para-hydroxylation sites is 4. The number of aromatic nitrogens is 6. The lowest BCUT2D eigenvalue weighted by atomic mass is 9.98. The number of aryl methyl sites for hydroxylation is 2. The van der Waals surface area contributed by atoms with E-state index in [4.69, 9.17) is 10.2 Å². The number of hydrogen-bond donors (Lipinski definition) is 2. The van der Waals surface area contributed by atoms with E-state index in [1.165, 1.54) is 0 Å². The summed E-state index contributed by atoms with van der Waals surface area (Å²) in [4.78, 5) is 30.9. The number of thiophene rings is 2. The molecule has 2 aliphatic heterocycles. The van der Waals surface area contributed by atoms with Gasteiger partial charge in [-0.2, -0.15) is 10.2 Å². The molecule has 352 valence electrons. The van der Waals surface area contributed by atoms with Crippen LogP contribution < -0.4 is 10.6 Å². The van der Waals surface area contributed by atoms with Gasteiger partial charge in [-0.05, 0) is 119 Å². The molecule has 0 spiro atoms. The van der Waals surface area contributed by atoms with Gasteiger partial charge in [0.2, 0.25) is 0 Å². The fraction of sp³-hybridized carbons (Fsp3) is 0.214. The van der Waals surface area contributed by atoms with Gasteiger partial charge in [0.15, 0.2) is 0 Å². The fourth-order valence-corrected chi connectivity index (χ4v) is 11.4. The first-order chi connectivity index (χ1) is 34.2. The molecular weight excluding hydrogens is 909 g/mol. The fourth-order valence-electron chi connectivity index (χ4n) is 9.99. The molecule has 12 rings (SSSR count). The van der Waals surface area contributed by atoms with Crippen LogP contribution in [-0.2, 0) is 22.7 Å². The summed E-state index contributed by atoms with van der Waals surface area (Å²) in [6, 6.07) is 41.6. The Hall–Kier alpha value is -7.36. The highest BCUT2D eigenvalue weighted by Crippen LogP contribution is 2.40. The molecule has 0 saturated heterocycles. The van der Waals surface area contributed by atoms with E-state index in [9.17, 15) is 9.59 Å². The van der Waals surface area contributed by atoms with Gasteiger partial charge in [-0.25, -0.2) is 0 Å². The van der Waals surface area contributed by atoms with E-state index in [1.807, 2.05) is 30.3 Å². The van der Waals surface area contributed by atoms with E-state index >= 15 is 0 Å². The van der Waals surface area contributed by atoms with Crippen molar-refractivity contribution in [3.05, 3.63) is 167 Å². The number of fused-ring (bicyclic) bond motifs is 4. The van der Waals surface area contributed by atoms with Gasteiger partial charge in [-0.15, -0.1) is 22.7 Å². The second-order valence-electron chi connectivity index (χ2n) is 18.3. The van der Waals surface area contributed by atoms with Crippen molar-refractivity contribution < 1.29 is 9.59 Å². The van der Waals surface area contributed by atoms with Gasteiger partial charge in [0, 0.05) is 76.8 Å². The summed E-state index contributed by atoms with van der Waals surface area (Å²) in [5.41, 5.74) is 11.5. The third-order valence-corrected chi connectivity index (χ3v) is 14.9. The smallest absolute Gasteiger partial charge is 0.254 e. The van der Waals surface area contributed by atoms with Crippen molar-refractivity contribution in [2.24, 2.45) is 0 Å². The van der Waals surface area contributed by atoms with Crippen molar-refractivity contribution in [3.63, 3.8) is 0 Å². The van der Waals surface area contributed by atoms with Gasteiger partial charge in [-0.3, -0.25) is 19.0 Å². The molecule has 0 atom stereocenters. The van der Waals surface area contributed by atoms with Crippen molar-refractivity contribution >= 4 is 100 Å². The molecule has 2 amide bonds. The highest BCUT2D eigenvalue weighted by atomic mass is 32.1. The summed E-state index contributed by atoms with van der Waals surface area (Å²) < 4.78 is 8.56. The molecule has 0 aliphatic carbocycles. The van der Waals surface area contributed by atoms with Crippen molar-refractivity contribution in [3.8, 4) is 10.0 Å². The van der Waals surface area contributed by atoms with Crippen LogP contribution in [0.5, 0.6) is 0 Å². The monoisotopic (exact) mass is 962 g/mol. The van der Waals surface area contributed by atoms with Crippen molar-refractivity contribution in [1.29, 1.82) is 0 Å². The third kappa shape index (κ3) is 8.36. The van der Waals surface area contributed by atoms with Crippen LogP contribution in [0.25, 0.3) is 75.9 Å². The molecule has 0 unspecified atom stereocenters. The highest BCUT2D eigenvalue weighted by Gasteiger charge is 2.32. The molecule has 0 radical (unpaired) electrons. The number of nitrogens with one attached hydrogen (secondary N) is 2. The molecule has 70 heavy (non-hydrogen) atoms. The summed E-state index contributed by atoms with van der Waals surface area (Å²) in [5, 5.41) is 27.0. The Kier molecular flexibility index (Phi) is 12.4. The van der Waals surface area contributed by atoms with Gasteiger partial charge < -0.3 is 29.6 Å². The quantitative estimate of drug-likeness (QED) is 0.112. The number of carbonyl (C=O) groups is 2. The van der Waals surface area contributed by atoms with E-state index in [2.05, 4.69) is 181 Å². The van der Waals surface area contributed by atoms with Crippen LogP contribution in [0.1, 0.15) is 35.4 Å². The molecule has 10 aromatic rings. The van der Waals surface area contributed by atoms with Crippen LogP contribution in [0.3, 0.4) is 0 Å². The molecule has 0 saturated carbocycles. The first kappa shape index (κ1) is 45.1. The van der Waals surface area contributed by atoms with Gasteiger partial charge in [0.05, 0.1) is 48.9 Å². The first-order valence-corrected chi connectivity index (χ1v) is 25.5. The van der Waals surface area contributed by atoms with Crippen LogP contribution in [0, 0.1) is 0 Å². The number of amides is 2. The van der Waals surface area contributed by atoms with E-state index in [-0.39, 0.29) is 11.8 Å². The van der Waals surface area contributed by atoms with Crippen molar-refractivity contribution in [2.45, 2.75) is 25.9 Å². The highest BCUT2D eigenvalue weighted by molar-refractivity contribution is 7.12. The molecule has 4 aromatic carbocycles. The third-order valence-electron chi connectivity index (χ3n) is 13.2. The zero-order chi connectivity index (χ0) is 47.9. The topological polar surface area (TPSA) is 110 Å². The van der Waals surface area contributed by atoms with E-state index in [0.29, 0.717) is 18.7 Å². The van der Waals surface area contributed by atoms with E-state index in [1.54, 1.807) is 22.7 Å². The van der Waals surface area contributed by atoms with Crippen LogP contribution in [0.15, 0.2) is 144 Å². The van der Waals surface area contributed by atoms with Gasteiger partial charge in [0.1, 0.15) is 5.69 Å². The largest absolute Gasteiger partial charge is 0.348 e. The van der Waals surface area contributed by atoms with E-state index in [0.717, 1.165) is 132 Å². The SMILES string of the molecule is CN(C)CCCn1nc(C2=C(c3cn(-c4cccs4)c4ccccc34)C(=O)NC2)c2ccccc21.CN(C)CCCn1nc(C2=C(c3cn(-c4cccs4)c4ccccc34)CNC2=O)c2ccccc21. The Morgan fingerprint density at radius 3 is 1.47 bits per heavy atom. The predicted molar refractivity (Wildman–Crippen MR) is 288 cm³/mol. The Balaban J connectivity index is 0.000000152. The zero-order valence-corrected chi connectivity index (χ0v) is 41.4. The Labute approximate surface area is 414 Å². The molecule has 2 aliphatic rings. The summed E-state index contributed by atoms with van der Waals surface area (Å²) in [5.74, 6) is -0.100. The molecule has 6 aromatic heterocycles. The lowest BCUT2D eigenvalue weighted by Crippen LogP contribution is -2.17. The standard InChI is InChI=1S/2C28H27N5OS/c1-31(2)14-8-15-33-24-12-6-4-10-20(24)27(30-33)21-17-29-28(34)26(21)22-18-32(25-13-7-16-35-25)23-11-5-3-9-19(22)23;1-31(2)14-8-15-33-24-12-6-4-10-20(24)27(30-33)26-21(17-29-28(26)34)22-18-32(25-13-7-16-35-25)23-11-5-3-9-19(22)23/h2*3-7,9-13,16,18H,8,14-15,17H2,1-2H3,(H,29,34). The van der Waals surface area contributed by atoms with Crippen molar-refractivity contribution in [1.82, 2.24) is 49.1 Å². The summed E-state index contributed by atoms with van der Waals surface area (Å²) in [6.45, 7) is 4.60. The summed E-state index contributed by atoms with van der Waals surface area (Å²) >= 11 is 3.39. The molecular formula is C56H54N10O2S2. The van der Waals surface area contributed by atoms with Crippen molar-refractivity contribution in [2.75, 3.05) is 54.4 Å². The Bertz CT molecular complexity index is 3620. The second kappa shape index (κ2) is 19.2. The molecule has 14 heteroatoms. The Morgan fingerprint density at radius 2 is 0.943 bits per heavy atom. The summed E-state index contributed by atoms with van der Waals surface area (Å²) in [6.07, 6.45) is 6.27. The van der Waals surface area contributed by atoms with Crippen LogP contribution in [0.4, 0.5) is 0 Å². The number of carbonyl (C=O) groups excluding carboxylic acids is 2. The predicted octanol–water partition coefficient (Wildman–Crippen LogP) is 10.1. The minimum atomic E-state index is -0.0587. The van der Waals surface area contributed by atoms with E-state index < -0.39 is 0 Å². The lowest BCUT2D eigenvalue weighted by Gasteiger charge is -2.09.